The quantitative estimate of drug-likeness (QED) is 0.680. The summed E-state index contributed by atoms with van der Waals surface area (Å²) in [6.07, 6.45) is 3.02. The Kier molecular flexibility index (Phi) is 6.82. The second kappa shape index (κ2) is 7.88. The summed E-state index contributed by atoms with van der Waals surface area (Å²) in [6, 6.07) is 0.145. The zero-order valence-corrected chi connectivity index (χ0v) is 13.3. The van der Waals surface area contributed by atoms with Crippen LogP contribution in [0, 0.1) is 5.41 Å². The summed E-state index contributed by atoms with van der Waals surface area (Å²) in [5.41, 5.74) is 0.0309. The molecule has 0 bridgehead atoms. The van der Waals surface area contributed by atoms with Crippen molar-refractivity contribution in [3.8, 4) is 0 Å². The lowest BCUT2D eigenvalue weighted by Crippen LogP contribution is -2.64. The van der Waals surface area contributed by atoms with Gasteiger partial charge in [-0.05, 0) is 26.2 Å². The minimum atomic E-state index is -0.890. The van der Waals surface area contributed by atoms with Crippen molar-refractivity contribution in [1.29, 1.82) is 0 Å². The van der Waals surface area contributed by atoms with Gasteiger partial charge in [0.15, 0.2) is 0 Å². The fourth-order valence-electron chi connectivity index (χ4n) is 3.05. The Bertz CT molecular complexity index is 344. The fourth-order valence-corrected chi connectivity index (χ4v) is 3.60. The molecule has 0 aromatic rings. The minimum absolute atomic E-state index is 0.0309. The molecule has 1 fully saturated rings. The molecule has 0 aromatic carbocycles. The standard InChI is InChI=1S/C14H25NO4S/c1-4-14(5-2)10(7-11(14)19-6-3)15-12(16)8-20-9-13(17)18/h10-11H,4-9H2,1-3H3,(H,15,16)(H,17,18). The number of amides is 1. The number of carboxylic acid groups (broad SMARTS) is 1. The Hall–Kier alpha value is -0.750. The molecule has 116 valence electrons. The van der Waals surface area contributed by atoms with Gasteiger partial charge in [-0.3, -0.25) is 9.59 Å². The predicted molar refractivity (Wildman–Crippen MR) is 79.9 cm³/mol. The second-order valence-electron chi connectivity index (χ2n) is 5.13. The lowest BCUT2D eigenvalue weighted by Gasteiger charge is -2.55. The Morgan fingerprint density at radius 3 is 2.45 bits per heavy atom. The molecule has 0 spiro atoms. The van der Waals surface area contributed by atoms with Crippen LogP contribution in [0.5, 0.6) is 0 Å². The summed E-state index contributed by atoms with van der Waals surface area (Å²) in [5.74, 6) is -0.806. The molecule has 6 heteroatoms. The number of carbonyl (C=O) groups is 2. The van der Waals surface area contributed by atoms with Crippen LogP contribution in [0.3, 0.4) is 0 Å². The molecule has 0 radical (unpaired) electrons. The van der Waals surface area contributed by atoms with E-state index in [-0.39, 0.29) is 35.0 Å². The van der Waals surface area contributed by atoms with E-state index in [4.69, 9.17) is 9.84 Å². The van der Waals surface area contributed by atoms with E-state index in [1.54, 1.807) is 0 Å². The van der Waals surface area contributed by atoms with Crippen LogP contribution in [-0.2, 0) is 14.3 Å². The molecule has 20 heavy (non-hydrogen) atoms. The monoisotopic (exact) mass is 303 g/mol. The van der Waals surface area contributed by atoms with E-state index in [9.17, 15) is 9.59 Å². The zero-order chi connectivity index (χ0) is 15.2. The highest BCUT2D eigenvalue weighted by molar-refractivity contribution is 8.00. The van der Waals surface area contributed by atoms with Crippen LogP contribution in [0.15, 0.2) is 0 Å². The van der Waals surface area contributed by atoms with Crippen LogP contribution < -0.4 is 5.32 Å². The van der Waals surface area contributed by atoms with Gasteiger partial charge in [0.25, 0.3) is 0 Å². The van der Waals surface area contributed by atoms with E-state index in [0.29, 0.717) is 6.61 Å². The number of hydrogen-bond donors (Lipinski definition) is 2. The molecule has 0 saturated heterocycles. The number of carbonyl (C=O) groups excluding carboxylic acids is 1. The van der Waals surface area contributed by atoms with Gasteiger partial charge in [-0.15, -0.1) is 11.8 Å². The van der Waals surface area contributed by atoms with E-state index in [1.165, 1.54) is 0 Å². The number of thioether (sulfide) groups is 1. The van der Waals surface area contributed by atoms with Crippen molar-refractivity contribution in [2.45, 2.75) is 52.2 Å². The molecule has 2 N–H and O–H groups in total. The molecule has 5 nitrogen and oxygen atoms in total. The van der Waals surface area contributed by atoms with E-state index in [0.717, 1.165) is 31.0 Å². The Balaban J connectivity index is 2.47. The molecule has 1 aliphatic rings. The Labute approximate surface area is 124 Å². The maximum Gasteiger partial charge on any atom is 0.313 e. The van der Waals surface area contributed by atoms with Crippen molar-refractivity contribution in [2.75, 3.05) is 18.1 Å². The van der Waals surface area contributed by atoms with Gasteiger partial charge in [-0.2, -0.15) is 0 Å². The summed E-state index contributed by atoms with van der Waals surface area (Å²) >= 11 is 1.13. The molecule has 1 rings (SSSR count). The number of ether oxygens (including phenoxy) is 1. The summed E-state index contributed by atoms with van der Waals surface area (Å²) in [5, 5.41) is 11.6. The van der Waals surface area contributed by atoms with Gasteiger partial charge >= 0.3 is 5.97 Å². The summed E-state index contributed by atoms with van der Waals surface area (Å²) in [6.45, 7) is 6.95. The first-order valence-electron chi connectivity index (χ1n) is 7.20. The number of nitrogens with one attached hydrogen (secondary N) is 1. The van der Waals surface area contributed by atoms with Crippen LogP contribution in [-0.4, -0.2) is 47.2 Å². The smallest absolute Gasteiger partial charge is 0.313 e. The molecule has 1 aliphatic carbocycles. The van der Waals surface area contributed by atoms with Crippen molar-refractivity contribution < 1.29 is 19.4 Å². The van der Waals surface area contributed by atoms with Crippen molar-refractivity contribution in [3.05, 3.63) is 0 Å². The van der Waals surface area contributed by atoms with Gasteiger partial charge in [0.1, 0.15) is 0 Å². The first-order valence-corrected chi connectivity index (χ1v) is 8.36. The molecule has 1 amide bonds. The summed E-state index contributed by atoms with van der Waals surface area (Å²) in [7, 11) is 0. The Morgan fingerprint density at radius 2 is 1.95 bits per heavy atom. The van der Waals surface area contributed by atoms with Crippen LogP contribution in [0.4, 0.5) is 0 Å². The predicted octanol–water partition coefficient (Wildman–Crippen LogP) is 1.90. The molecular formula is C14H25NO4S. The van der Waals surface area contributed by atoms with Gasteiger partial charge in [-0.1, -0.05) is 13.8 Å². The maximum absolute atomic E-state index is 11.8. The van der Waals surface area contributed by atoms with Gasteiger partial charge in [0.2, 0.25) is 5.91 Å². The van der Waals surface area contributed by atoms with Gasteiger partial charge < -0.3 is 15.2 Å². The molecule has 0 aromatic heterocycles. The number of hydrogen-bond acceptors (Lipinski definition) is 4. The van der Waals surface area contributed by atoms with Gasteiger partial charge in [0, 0.05) is 18.1 Å². The molecule has 2 atom stereocenters. The average Bonchev–Trinajstić information content (AvgIpc) is 2.38. The van der Waals surface area contributed by atoms with Crippen LogP contribution in [0.2, 0.25) is 0 Å². The average molecular weight is 303 g/mol. The lowest BCUT2D eigenvalue weighted by molar-refractivity contribution is -0.147. The third-order valence-corrected chi connectivity index (χ3v) is 5.18. The molecule has 2 unspecified atom stereocenters. The van der Waals surface area contributed by atoms with Gasteiger partial charge in [-0.25, -0.2) is 0 Å². The number of aliphatic carboxylic acids is 1. The second-order valence-corrected chi connectivity index (χ2v) is 6.11. The van der Waals surface area contributed by atoms with Crippen molar-refractivity contribution in [3.63, 3.8) is 0 Å². The van der Waals surface area contributed by atoms with Crippen LogP contribution in [0.25, 0.3) is 0 Å². The lowest BCUT2D eigenvalue weighted by atomic mass is 9.58. The van der Waals surface area contributed by atoms with E-state index in [2.05, 4.69) is 19.2 Å². The van der Waals surface area contributed by atoms with Gasteiger partial charge in [0.05, 0.1) is 17.6 Å². The largest absolute Gasteiger partial charge is 0.481 e. The highest BCUT2D eigenvalue weighted by atomic mass is 32.2. The van der Waals surface area contributed by atoms with Crippen molar-refractivity contribution in [1.82, 2.24) is 5.32 Å². The number of rotatable bonds is 9. The first-order chi connectivity index (χ1) is 9.50. The normalized spacial score (nSPS) is 23.9. The van der Waals surface area contributed by atoms with Crippen LogP contribution in [0.1, 0.15) is 40.0 Å². The topological polar surface area (TPSA) is 75.6 Å². The van der Waals surface area contributed by atoms with Crippen molar-refractivity contribution in [2.24, 2.45) is 5.41 Å². The Morgan fingerprint density at radius 1 is 1.30 bits per heavy atom. The highest BCUT2D eigenvalue weighted by Crippen LogP contribution is 2.48. The first kappa shape index (κ1) is 17.3. The molecule has 0 heterocycles. The maximum atomic E-state index is 11.8. The SMILES string of the molecule is CCOC1CC(NC(=O)CSCC(=O)O)C1(CC)CC. The van der Waals surface area contributed by atoms with E-state index < -0.39 is 5.97 Å². The molecular weight excluding hydrogens is 278 g/mol. The summed E-state index contributed by atoms with van der Waals surface area (Å²) in [4.78, 5) is 22.3. The van der Waals surface area contributed by atoms with E-state index in [1.807, 2.05) is 6.92 Å². The third-order valence-electron chi connectivity index (χ3n) is 4.26. The minimum Gasteiger partial charge on any atom is -0.481 e. The molecule has 1 saturated carbocycles. The third kappa shape index (κ3) is 3.88. The molecule has 0 aliphatic heterocycles. The zero-order valence-electron chi connectivity index (χ0n) is 12.5. The number of carboxylic acids is 1. The summed E-state index contributed by atoms with van der Waals surface area (Å²) < 4.78 is 5.77. The fraction of sp³-hybridized carbons (Fsp3) is 0.857. The highest BCUT2D eigenvalue weighted by Gasteiger charge is 2.53. The van der Waals surface area contributed by atoms with E-state index >= 15 is 0 Å². The van der Waals surface area contributed by atoms with Crippen LogP contribution >= 0.6 is 11.8 Å². The van der Waals surface area contributed by atoms with Crippen molar-refractivity contribution >= 4 is 23.6 Å².